The Morgan fingerprint density at radius 1 is 1.32 bits per heavy atom. The van der Waals surface area contributed by atoms with Crippen molar-refractivity contribution in [2.45, 2.75) is 39.2 Å². The standard InChI is InChI=1S/C15H25N3O/c1-4-14(11(2)3)17-10-13(15(16)18-19)12-8-6-5-7-9-12/h5-9,11,13-14,17,19H,4,10H2,1-3H3,(H2,16,18). The molecule has 0 radical (unpaired) electrons. The van der Waals surface area contributed by atoms with Crippen LogP contribution in [-0.4, -0.2) is 23.6 Å². The van der Waals surface area contributed by atoms with Crippen LogP contribution in [0.3, 0.4) is 0 Å². The molecule has 2 atom stereocenters. The van der Waals surface area contributed by atoms with Gasteiger partial charge in [-0.3, -0.25) is 0 Å². The number of hydrogen-bond acceptors (Lipinski definition) is 3. The van der Waals surface area contributed by atoms with Crippen LogP contribution in [-0.2, 0) is 0 Å². The molecule has 4 N–H and O–H groups in total. The molecule has 1 rings (SSSR count). The Labute approximate surface area is 115 Å². The Morgan fingerprint density at radius 3 is 2.42 bits per heavy atom. The van der Waals surface area contributed by atoms with Crippen molar-refractivity contribution >= 4 is 5.84 Å². The topological polar surface area (TPSA) is 70.6 Å². The third-order valence-electron chi connectivity index (χ3n) is 3.50. The third-order valence-corrected chi connectivity index (χ3v) is 3.50. The molecule has 0 amide bonds. The average molecular weight is 263 g/mol. The van der Waals surface area contributed by atoms with Crippen LogP contribution in [0.1, 0.15) is 38.7 Å². The van der Waals surface area contributed by atoms with Crippen LogP contribution in [0.2, 0.25) is 0 Å². The molecule has 4 heteroatoms. The molecule has 0 heterocycles. The van der Waals surface area contributed by atoms with Crippen LogP contribution in [0.5, 0.6) is 0 Å². The molecule has 0 saturated heterocycles. The third kappa shape index (κ3) is 4.56. The maximum absolute atomic E-state index is 8.93. The maximum Gasteiger partial charge on any atom is 0.147 e. The van der Waals surface area contributed by atoms with E-state index in [0.29, 0.717) is 18.5 Å². The average Bonchev–Trinajstić information content (AvgIpc) is 2.43. The van der Waals surface area contributed by atoms with Crippen molar-refractivity contribution in [3.8, 4) is 0 Å². The van der Waals surface area contributed by atoms with Gasteiger partial charge < -0.3 is 16.3 Å². The zero-order valence-electron chi connectivity index (χ0n) is 12.0. The molecule has 0 aliphatic heterocycles. The summed E-state index contributed by atoms with van der Waals surface area (Å²) < 4.78 is 0. The smallest absolute Gasteiger partial charge is 0.147 e. The Bertz CT molecular complexity index is 390. The highest BCUT2D eigenvalue weighted by atomic mass is 16.4. The van der Waals surface area contributed by atoms with Crippen LogP contribution in [0.4, 0.5) is 0 Å². The lowest BCUT2D eigenvalue weighted by atomic mass is 9.96. The van der Waals surface area contributed by atoms with Gasteiger partial charge in [0.1, 0.15) is 5.84 Å². The van der Waals surface area contributed by atoms with Gasteiger partial charge in [-0.1, -0.05) is 56.3 Å². The molecule has 0 aliphatic rings. The molecule has 0 saturated carbocycles. The maximum atomic E-state index is 8.93. The lowest BCUT2D eigenvalue weighted by Crippen LogP contribution is -2.39. The predicted octanol–water partition coefficient (Wildman–Crippen LogP) is 2.54. The highest BCUT2D eigenvalue weighted by Gasteiger charge is 2.19. The molecule has 106 valence electrons. The number of nitrogens with zero attached hydrogens (tertiary/aromatic N) is 1. The first-order chi connectivity index (χ1) is 9.10. The molecule has 1 aromatic rings. The Hall–Kier alpha value is -1.55. The van der Waals surface area contributed by atoms with Gasteiger partial charge in [-0.25, -0.2) is 0 Å². The summed E-state index contributed by atoms with van der Waals surface area (Å²) >= 11 is 0. The molecule has 0 aliphatic carbocycles. The number of rotatable bonds is 7. The van der Waals surface area contributed by atoms with Gasteiger partial charge in [-0.05, 0) is 17.9 Å². The largest absolute Gasteiger partial charge is 0.409 e. The Kier molecular flexibility index (Phi) is 6.36. The summed E-state index contributed by atoms with van der Waals surface area (Å²) in [4.78, 5) is 0. The molecule has 1 aromatic carbocycles. The first-order valence-corrected chi connectivity index (χ1v) is 6.85. The summed E-state index contributed by atoms with van der Waals surface area (Å²) in [6.45, 7) is 7.24. The summed E-state index contributed by atoms with van der Waals surface area (Å²) in [5.74, 6) is 0.713. The van der Waals surface area contributed by atoms with Crippen LogP contribution in [0, 0.1) is 5.92 Å². The number of nitrogens with two attached hydrogens (primary N) is 1. The van der Waals surface area contributed by atoms with Crippen LogP contribution in [0.15, 0.2) is 35.5 Å². The van der Waals surface area contributed by atoms with E-state index in [4.69, 9.17) is 10.9 Å². The molecule has 0 fully saturated rings. The van der Waals surface area contributed by atoms with E-state index in [0.717, 1.165) is 12.0 Å². The molecule has 19 heavy (non-hydrogen) atoms. The zero-order valence-corrected chi connectivity index (χ0v) is 12.0. The Balaban J connectivity index is 2.77. The number of oxime groups is 1. The second-order valence-corrected chi connectivity index (χ2v) is 5.16. The van der Waals surface area contributed by atoms with E-state index in [1.807, 2.05) is 30.3 Å². The fourth-order valence-electron chi connectivity index (χ4n) is 2.27. The van der Waals surface area contributed by atoms with E-state index in [2.05, 4.69) is 31.2 Å². The monoisotopic (exact) mass is 263 g/mol. The number of amidine groups is 1. The van der Waals surface area contributed by atoms with Crippen molar-refractivity contribution in [2.75, 3.05) is 6.54 Å². The van der Waals surface area contributed by atoms with Crippen molar-refractivity contribution in [3.63, 3.8) is 0 Å². The van der Waals surface area contributed by atoms with E-state index < -0.39 is 0 Å². The molecule has 2 unspecified atom stereocenters. The fraction of sp³-hybridized carbons (Fsp3) is 0.533. The Morgan fingerprint density at radius 2 is 1.95 bits per heavy atom. The lowest BCUT2D eigenvalue weighted by molar-refractivity contribution is 0.314. The minimum Gasteiger partial charge on any atom is -0.409 e. The highest BCUT2D eigenvalue weighted by Crippen LogP contribution is 2.16. The normalized spacial score (nSPS) is 15.5. The second kappa shape index (κ2) is 7.79. The molecule has 0 bridgehead atoms. The molecule has 0 aromatic heterocycles. The van der Waals surface area contributed by atoms with Gasteiger partial charge in [0, 0.05) is 12.6 Å². The molecular weight excluding hydrogens is 238 g/mol. The SMILES string of the molecule is CCC(NCC(C(N)=NO)c1ccccc1)C(C)C. The quantitative estimate of drug-likeness (QED) is 0.306. The highest BCUT2D eigenvalue weighted by molar-refractivity contribution is 5.87. The van der Waals surface area contributed by atoms with Gasteiger partial charge in [0.15, 0.2) is 0 Å². The first-order valence-electron chi connectivity index (χ1n) is 6.85. The summed E-state index contributed by atoms with van der Waals surface area (Å²) in [6, 6.07) is 10.3. The zero-order chi connectivity index (χ0) is 14.3. The number of benzene rings is 1. The van der Waals surface area contributed by atoms with Crippen LogP contribution < -0.4 is 11.1 Å². The summed E-state index contributed by atoms with van der Waals surface area (Å²) in [6.07, 6.45) is 1.06. The minimum atomic E-state index is -0.0981. The van der Waals surface area contributed by atoms with Gasteiger partial charge in [0.05, 0.1) is 5.92 Å². The van der Waals surface area contributed by atoms with Crippen molar-refractivity contribution in [1.82, 2.24) is 5.32 Å². The van der Waals surface area contributed by atoms with Gasteiger partial charge in [0.25, 0.3) is 0 Å². The van der Waals surface area contributed by atoms with Crippen molar-refractivity contribution in [1.29, 1.82) is 0 Å². The van der Waals surface area contributed by atoms with Gasteiger partial charge in [0.2, 0.25) is 0 Å². The second-order valence-electron chi connectivity index (χ2n) is 5.16. The molecule has 0 spiro atoms. The number of hydrogen-bond donors (Lipinski definition) is 3. The van der Waals surface area contributed by atoms with E-state index >= 15 is 0 Å². The molecule has 4 nitrogen and oxygen atoms in total. The summed E-state index contributed by atoms with van der Waals surface area (Å²) in [5.41, 5.74) is 6.87. The fourth-order valence-corrected chi connectivity index (χ4v) is 2.27. The summed E-state index contributed by atoms with van der Waals surface area (Å²) in [5, 5.41) is 15.6. The van der Waals surface area contributed by atoms with E-state index in [1.165, 1.54) is 0 Å². The minimum absolute atomic E-state index is 0.0981. The van der Waals surface area contributed by atoms with Gasteiger partial charge in [-0.2, -0.15) is 0 Å². The van der Waals surface area contributed by atoms with E-state index in [-0.39, 0.29) is 11.8 Å². The van der Waals surface area contributed by atoms with Gasteiger partial charge in [-0.15, -0.1) is 0 Å². The van der Waals surface area contributed by atoms with Crippen molar-refractivity contribution < 1.29 is 5.21 Å². The van der Waals surface area contributed by atoms with E-state index in [9.17, 15) is 0 Å². The lowest BCUT2D eigenvalue weighted by Gasteiger charge is -2.24. The van der Waals surface area contributed by atoms with Crippen molar-refractivity contribution in [2.24, 2.45) is 16.8 Å². The first kappa shape index (κ1) is 15.5. The predicted molar refractivity (Wildman–Crippen MR) is 79.5 cm³/mol. The molecular formula is C15H25N3O. The van der Waals surface area contributed by atoms with Gasteiger partial charge >= 0.3 is 0 Å². The van der Waals surface area contributed by atoms with E-state index in [1.54, 1.807) is 0 Å². The number of nitrogens with one attached hydrogen (secondary N) is 1. The van der Waals surface area contributed by atoms with Crippen LogP contribution in [0.25, 0.3) is 0 Å². The summed E-state index contributed by atoms with van der Waals surface area (Å²) in [7, 11) is 0. The van der Waals surface area contributed by atoms with Crippen LogP contribution >= 0.6 is 0 Å². The van der Waals surface area contributed by atoms with Crippen molar-refractivity contribution in [3.05, 3.63) is 35.9 Å².